The van der Waals surface area contributed by atoms with E-state index in [9.17, 15) is 4.79 Å². The standard InChI is InChI=1S/C20H28ClN3O2S/c1-14(2)13-26-11-3-8-22-20(25)24-9-6-15(7-10-24)19-23-17-12-16(21)4-5-18(17)27-19/h4-5,12,14-15H,3,6-11,13H2,1-2H3,(H,22,25). The van der Waals surface area contributed by atoms with Gasteiger partial charge in [-0.25, -0.2) is 9.78 Å². The molecule has 1 aliphatic rings. The van der Waals surface area contributed by atoms with E-state index < -0.39 is 0 Å². The first kappa shape index (κ1) is 20.4. The van der Waals surface area contributed by atoms with Gasteiger partial charge < -0.3 is 15.0 Å². The summed E-state index contributed by atoms with van der Waals surface area (Å²) in [5.74, 6) is 0.975. The van der Waals surface area contributed by atoms with E-state index in [4.69, 9.17) is 21.3 Å². The molecule has 148 valence electrons. The van der Waals surface area contributed by atoms with Crippen molar-refractivity contribution in [3.05, 3.63) is 28.2 Å². The molecule has 7 heteroatoms. The van der Waals surface area contributed by atoms with E-state index in [1.807, 2.05) is 23.1 Å². The average molecular weight is 410 g/mol. The van der Waals surface area contributed by atoms with Crippen LogP contribution in [0.25, 0.3) is 10.2 Å². The molecule has 0 spiro atoms. The van der Waals surface area contributed by atoms with Gasteiger partial charge in [0, 0.05) is 43.8 Å². The van der Waals surface area contributed by atoms with Gasteiger partial charge in [0.15, 0.2) is 0 Å². The number of hydrogen-bond acceptors (Lipinski definition) is 4. The minimum absolute atomic E-state index is 0.0355. The maximum absolute atomic E-state index is 12.3. The molecule has 2 aromatic rings. The molecule has 27 heavy (non-hydrogen) atoms. The third-order valence-electron chi connectivity index (χ3n) is 4.69. The summed E-state index contributed by atoms with van der Waals surface area (Å²) in [6, 6.07) is 5.90. The second-order valence-corrected chi connectivity index (χ2v) is 8.98. The minimum atomic E-state index is 0.0355. The van der Waals surface area contributed by atoms with E-state index in [-0.39, 0.29) is 6.03 Å². The summed E-state index contributed by atoms with van der Waals surface area (Å²) in [5.41, 5.74) is 0.974. The summed E-state index contributed by atoms with van der Waals surface area (Å²) >= 11 is 7.80. The van der Waals surface area contributed by atoms with E-state index in [1.165, 1.54) is 4.70 Å². The first-order valence-corrected chi connectivity index (χ1v) is 10.9. The van der Waals surface area contributed by atoms with Gasteiger partial charge in [0.1, 0.15) is 0 Å². The lowest BCUT2D eigenvalue weighted by molar-refractivity contribution is 0.107. The monoisotopic (exact) mass is 409 g/mol. The SMILES string of the molecule is CC(C)COCCCNC(=O)N1CCC(c2nc3cc(Cl)ccc3s2)CC1. The highest BCUT2D eigenvalue weighted by atomic mass is 35.5. The number of carbonyl (C=O) groups is 1. The zero-order valence-electron chi connectivity index (χ0n) is 16.0. The molecule has 0 saturated carbocycles. The Morgan fingerprint density at radius 1 is 1.41 bits per heavy atom. The number of benzene rings is 1. The number of nitrogens with zero attached hydrogens (tertiary/aromatic N) is 2. The lowest BCUT2D eigenvalue weighted by Gasteiger charge is -2.31. The van der Waals surface area contributed by atoms with Crippen LogP contribution < -0.4 is 5.32 Å². The summed E-state index contributed by atoms with van der Waals surface area (Å²) in [4.78, 5) is 19.0. The van der Waals surface area contributed by atoms with Crippen molar-refractivity contribution in [1.29, 1.82) is 0 Å². The van der Waals surface area contributed by atoms with Crippen molar-refractivity contribution in [2.24, 2.45) is 5.92 Å². The van der Waals surface area contributed by atoms with E-state index in [1.54, 1.807) is 11.3 Å². The molecular weight excluding hydrogens is 382 g/mol. The van der Waals surface area contributed by atoms with Crippen molar-refractivity contribution in [3.8, 4) is 0 Å². The summed E-state index contributed by atoms with van der Waals surface area (Å²) in [7, 11) is 0. The Morgan fingerprint density at radius 2 is 2.19 bits per heavy atom. The molecule has 1 aromatic carbocycles. The molecule has 1 aliphatic heterocycles. The fourth-order valence-corrected chi connectivity index (χ4v) is 4.51. The second-order valence-electron chi connectivity index (χ2n) is 7.48. The molecular formula is C20H28ClN3O2S. The van der Waals surface area contributed by atoms with Crippen LogP contribution in [-0.4, -0.2) is 48.8 Å². The number of rotatable bonds is 7. The zero-order valence-corrected chi connectivity index (χ0v) is 17.6. The number of urea groups is 1. The van der Waals surface area contributed by atoms with Crippen LogP contribution in [0.2, 0.25) is 5.02 Å². The first-order chi connectivity index (χ1) is 13.0. The van der Waals surface area contributed by atoms with Gasteiger partial charge in [-0.3, -0.25) is 0 Å². The Hall–Kier alpha value is -1.37. The predicted octanol–water partition coefficient (Wildman–Crippen LogP) is 4.90. The fourth-order valence-electron chi connectivity index (χ4n) is 3.22. The number of halogens is 1. The van der Waals surface area contributed by atoms with Gasteiger partial charge >= 0.3 is 6.03 Å². The predicted molar refractivity (Wildman–Crippen MR) is 112 cm³/mol. The summed E-state index contributed by atoms with van der Waals surface area (Å²) in [5, 5.41) is 4.89. The van der Waals surface area contributed by atoms with E-state index in [0.717, 1.165) is 54.5 Å². The zero-order chi connectivity index (χ0) is 19.2. The van der Waals surface area contributed by atoms with Gasteiger partial charge in [0.2, 0.25) is 0 Å². The molecule has 1 aromatic heterocycles. The maximum Gasteiger partial charge on any atom is 0.317 e. The van der Waals surface area contributed by atoms with Crippen molar-refractivity contribution in [3.63, 3.8) is 0 Å². The van der Waals surface area contributed by atoms with Crippen molar-refractivity contribution in [2.75, 3.05) is 32.8 Å². The maximum atomic E-state index is 12.3. The highest BCUT2D eigenvalue weighted by molar-refractivity contribution is 7.18. The van der Waals surface area contributed by atoms with Crippen LogP contribution in [0.15, 0.2) is 18.2 Å². The number of carbonyl (C=O) groups excluding carboxylic acids is 1. The Kier molecular flexibility index (Phi) is 7.33. The van der Waals surface area contributed by atoms with E-state index in [0.29, 0.717) is 25.0 Å². The number of fused-ring (bicyclic) bond motifs is 1. The Labute approximate surface area is 170 Å². The lowest BCUT2D eigenvalue weighted by Crippen LogP contribution is -2.44. The highest BCUT2D eigenvalue weighted by Gasteiger charge is 2.25. The number of hydrogen-bond donors (Lipinski definition) is 1. The molecule has 3 rings (SSSR count). The topological polar surface area (TPSA) is 54.5 Å². The van der Waals surface area contributed by atoms with Gasteiger partial charge in [-0.1, -0.05) is 25.4 Å². The molecule has 1 fully saturated rings. The average Bonchev–Trinajstić information content (AvgIpc) is 3.07. The van der Waals surface area contributed by atoms with Crippen LogP contribution in [0.3, 0.4) is 0 Å². The van der Waals surface area contributed by atoms with Crippen molar-refractivity contribution in [2.45, 2.75) is 39.0 Å². The number of ether oxygens (including phenoxy) is 1. The van der Waals surface area contributed by atoms with Crippen LogP contribution in [-0.2, 0) is 4.74 Å². The van der Waals surface area contributed by atoms with Crippen molar-refractivity contribution >= 4 is 39.2 Å². The number of nitrogens with one attached hydrogen (secondary N) is 1. The molecule has 0 aliphatic carbocycles. The molecule has 0 atom stereocenters. The quantitative estimate of drug-likeness (QED) is 0.661. The number of aromatic nitrogens is 1. The number of piperidine rings is 1. The van der Waals surface area contributed by atoms with Crippen LogP contribution in [0.1, 0.15) is 44.0 Å². The van der Waals surface area contributed by atoms with Gasteiger partial charge in [-0.15, -0.1) is 11.3 Å². The number of thiazole rings is 1. The summed E-state index contributed by atoms with van der Waals surface area (Å²) in [6.07, 6.45) is 2.76. The van der Waals surface area contributed by atoms with Gasteiger partial charge in [-0.05, 0) is 43.4 Å². The first-order valence-electron chi connectivity index (χ1n) is 9.69. The Balaban J connectivity index is 1.40. The van der Waals surface area contributed by atoms with Gasteiger partial charge in [0.25, 0.3) is 0 Å². The molecule has 2 heterocycles. The normalized spacial score (nSPS) is 15.6. The van der Waals surface area contributed by atoms with Crippen molar-refractivity contribution < 1.29 is 9.53 Å². The number of likely N-dealkylation sites (tertiary alicyclic amines) is 1. The van der Waals surface area contributed by atoms with Crippen LogP contribution in [0, 0.1) is 5.92 Å². The molecule has 0 bridgehead atoms. The van der Waals surface area contributed by atoms with Gasteiger partial charge in [0.05, 0.1) is 15.2 Å². The van der Waals surface area contributed by atoms with E-state index in [2.05, 4.69) is 19.2 Å². The minimum Gasteiger partial charge on any atom is -0.381 e. The van der Waals surface area contributed by atoms with Crippen LogP contribution >= 0.6 is 22.9 Å². The molecule has 1 saturated heterocycles. The highest BCUT2D eigenvalue weighted by Crippen LogP contribution is 2.34. The molecule has 2 amide bonds. The number of amides is 2. The molecule has 0 unspecified atom stereocenters. The summed E-state index contributed by atoms with van der Waals surface area (Å²) in [6.45, 7) is 7.95. The molecule has 1 N–H and O–H groups in total. The molecule has 0 radical (unpaired) electrons. The third kappa shape index (κ3) is 5.80. The van der Waals surface area contributed by atoms with Gasteiger partial charge in [-0.2, -0.15) is 0 Å². The third-order valence-corrected chi connectivity index (χ3v) is 6.12. The van der Waals surface area contributed by atoms with Crippen LogP contribution in [0.5, 0.6) is 0 Å². The lowest BCUT2D eigenvalue weighted by atomic mass is 9.98. The Bertz CT molecular complexity index is 757. The summed E-state index contributed by atoms with van der Waals surface area (Å²) < 4.78 is 6.71. The smallest absolute Gasteiger partial charge is 0.317 e. The van der Waals surface area contributed by atoms with Crippen LogP contribution in [0.4, 0.5) is 4.79 Å². The second kappa shape index (κ2) is 9.71. The van der Waals surface area contributed by atoms with E-state index >= 15 is 0 Å². The van der Waals surface area contributed by atoms with Crippen molar-refractivity contribution in [1.82, 2.24) is 15.2 Å². The molecule has 5 nitrogen and oxygen atoms in total. The fraction of sp³-hybridized carbons (Fsp3) is 0.600. The largest absolute Gasteiger partial charge is 0.381 e. The Morgan fingerprint density at radius 3 is 2.93 bits per heavy atom.